The quantitative estimate of drug-likeness (QED) is 0.553. The first kappa shape index (κ1) is 7.27. The lowest BCUT2D eigenvalue weighted by atomic mass is 10.5. The second-order valence-corrected chi connectivity index (χ2v) is 3.10. The second-order valence-electron chi connectivity index (χ2n) is 1.45. The van der Waals surface area contributed by atoms with Crippen molar-refractivity contribution in [3.8, 4) is 0 Å². The smallest absolute Gasteiger partial charge is 0.152 e. The van der Waals surface area contributed by atoms with Gasteiger partial charge in [0.15, 0.2) is 5.82 Å². The summed E-state index contributed by atoms with van der Waals surface area (Å²) in [6.07, 6.45) is 2.83. The highest BCUT2D eigenvalue weighted by Gasteiger charge is 2.00. The lowest BCUT2D eigenvalue weighted by Crippen LogP contribution is -1.84. The van der Waals surface area contributed by atoms with Crippen molar-refractivity contribution in [1.82, 2.24) is 4.98 Å². The zero-order chi connectivity index (χ0) is 6.85. The molecule has 9 heavy (non-hydrogen) atoms. The van der Waals surface area contributed by atoms with Crippen molar-refractivity contribution in [3.63, 3.8) is 0 Å². The second kappa shape index (κ2) is 2.83. The normalized spacial score (nSPS) is 9.67. The van der Waals surface area contributed by atoms with Gasteiger partial charge in [-0.05, 0) is 22.6 Å². The molecular formula is C5H3FINS. The van der Waals surface area contributed by atoms with Gasteiger partial charge in [0.25, 0.3) is 0 Å². The molecule has 0 bridgehead atoms. The van der Waals surface area contributed by atoms with E-state index in [-0.39, 0.29) is 5.82 Å². The van der Waals surface area contributed by atoms with E-state index in [0.717, 1.165) is 0 Å². The monoisotopic (exact) mass is 255 g/mol. The first-order chi connectivity index (χ1) is 4.22. The average Bonchev–Trinajstić information content (AvgIpc) is 1.83. The fourth-order valence-corrected chi connectivity index (χ4v) is 1.26. The molecule has 1 aromatic heterocycles. The average molecular weight is 255 g/mol. The van der Waals surface area contributed by atoms with Crippen molar-refractivity contribution in [1.29, 1.82) is 0 Å². The van der Waals surface area contributed by atoms with Crippen LogP contribution in [0.5, 0.6) is 0 Å². The van der Waals surface area contributed by atoms with Crippen LogP contribution in [0.2, 0.25) is 0 Å². The molecule has 1 nitrogen and oxygen atoms in total. The van der Waals surface area contributed by atoms with Gasteiger partial charge < -0.3 is 0 Å². The fourth-order valence-electron chi connectivity index (χ4n) is 0.409. The Morgan fingerprint density at radius 3 is 2.67 bits per heavy atom. The number of nitrogens with zero attached hydrogens (tertiary/aromatic N) is 1. The zero-order valence-electron chi connectivity index (χ0n) is 4.31. The predicted octanol–water partition coefficient (Wildman–Crippen LogP) is 2.11. The van der Waals surface area contributed by atoms with Crippen LogP contribution in [0.1, 0.15) is 0 Å². The van der Waals surface area contributed by atoms with Crippen LogP contribution in [-0.4, -0.2) is 4.98 Å². The predicted molar refractivity (Wildman–Crippen MR) is 44.2 cm³/mol. The van der Waals surface area contributed by atoms with E-state index in [0.29, 0.717) is 8.47 Å². The molecule has 0 spiro atoms. The summed E-state index contributed by atoms with van der Waals surface area (Å²) < 4.78 is 13.1. The molecule has 1 aromatic rings. The Bertz CT molecular complexity index is 208. The van der Waals surface area contributed by atoms with Crippen LogP contribution < -0.4 is 0 Å². The molecule has 0 unspecified atom stereocenters. The van der Waals surface area contributed by atoms with Gasteiger partial charge in [0.05, 0.1) is 8.47 Å². The standard InChI is InChI=1S/C5H3FINS/c6-5-3(7)1-8-2-4(5)9/h1-2,9H. The highest BCUT2D eigenvalue weighted by atomic mass is 127. The zero-order valence-corrected chi connectivity index (χ0v) is 7.36. The summed E-state index contributed by atoms with van der Waals surface area (Å²) in [4.78, 5) is 4.01. The lowest BCUT2D eigenvalue weighted by molar-refractivity contribution is 0.591. The van der Waals surface area contributed by atoms with Crippen LogP contribution in [0, 0.1) is 9.39 Å². The Balaban J connectivity index is 3.25. The Labute approximate surface area is 71.2 Å². The maximum absolute atomic E-state index is 12.6. The van der Waals surface area contributed by atoms with Crippen LogP contribution in [0.25, 0.3) is 0 Å². The Kier molecular flexibility index (Phi) is 2.29. The highest BCUT2D eigenvalue weighted by Crippen LogP contribution is 2.15. The summed E-state index contributed by atoms with van der Waals surface area (Å²) >= 11 is 5.69. The molecule has 0 radical (unpaired) electrons. The molecule has 0 saturated carbocycles. The largest absolute Gasteiger partial charge is 0.262 e. The molecule has 0 saturated heterocycles. The Hall–Kier alpha value is 0.160. The molecule has 0 N–H and O–H groups in total. The summed E-state index contributed by atoms with van der Waals surface area (Å²) in [6, 6.07) is 0. The number of aromatic nitrogens is 1. The number of pyridine rings is 1. The van der Waals surface area contributed by atoms with E-state index in [1.165, 1.54) is 12.4 Å². The van der Waals surface area contributed by atoms with Crippen LogP contribution in [0.4, 0.5) is 4.39 Å². The third-order valence-electron chi connectivity index (χ3n) is 0.819. The molecule has 1 rings (SSSR count). The summed E-state index contributed by atoms with van der Waals surface area (Å²) in [7, 11) is 0. The molecule has 48 valence electrons. The maximum Gasteiger partial charge on any atom is 0.152 e. The van der Waals surface area contributed by atoms with E-state index >= 15 is 0 Å². The molecule has 4 heteroatoms. The number of hydrogen-bond acceptors (Lipinski definition) is 2. The number of halogens is 2. The molecule has 0 fully saturated rings. The fraction of sp³-hybridized carbons (Fsp3) is 0. The topological polar surface area (TPSA) is 12.9 Å². The van der Waals surface area contributed by atoms with E-state index in [9.17, 15) is 4.39 Å². The molecule has 0 aliphatic heterocycles. The Morgan fingerprint density at radius 1 is 1.56 bits per heavy atom. The van der Waals surface area contributed by atoms with Gasteiger partial charge in [0, 0.05) is 12.4 Å². The van der Waals surface area contributed by atoms with Gasteiger partial charge in [-0.2, -0.15) is 0 Å². The minimum atomic E-state index is -0.297. The lowest BCUT2D eigenvalue weighted by Gasteiger charge is -1.93. The van der Waals surface area contributed by atoms with Crippen LogP contribution in [0.15, 0.2) is 17.3 Å². The molecule has 0 aromatic carbocycles. The van der Waals surface area contributed by atoms with Gasteiger partial charge in [-0.3, -0.25) is 4.98 Å². The highest BCUT2D eigenvalue weighted by molar-refractivity contribution is 14.1. The summed E-state index contributed by atoms with van der Waals surface area (Å²) in [6.45, 7) is 0. The summed E-state index contributed by atoms with van der Waals surface area (Å²) in [5, 5.41) is 0. The van der Waals surface area contributed by atoms with Crippen molar-refractivity contribution >= 4 is 35.2 Å². The molecular weight excluding hydrogens is 252 g/mol. The van der Waals surface area contributed by atoms with Crippen LogP contribution in [-0.2, 0) is 0 Å². The van der Waals surface area contributed by atoms with E-state index in [1.54, 1.807) is 0 Å². The van der Waals surface area contributed by atoms with E-state index in [1.807, 2.05) is 22.6 Å². The molecule has 0 atom stereocenters. The van der Waals surface area contributed by atoms with Crippen molar-refractivity contribution < 1.29 is 4.39 Å². The summed E-state index contributed by atoms with van der Waals surface area (Å²) in [5.74, 6) is -0.297. The molecule has 0 aliphatic rings. The van der Waals surface area contributed by atoms with E-state index < -0.39 is 0 Å². The van der Waals surface area contributed by atoms with Gasteiger partial charge >= 0.3 is 0 Å². The Morgan fingerprint density at radius 2 is 2.22 bits per heavy atom. The van der Waals surface area contributed by atoms with Gasteiger partial charge in [0.1, 0.15) is 0 Å². The van der Waals surface area contributed by atoms with E-state index in [4.69, 9.17) is 0 Å². The molecule has 1 heterocycles. The van der Waals surface area contributed by atoms with Crippen molar-refractivity contribution in [2.45, 2.75) is 4.90 Å². The first-order valence-corrected chi connectivity index (χ1v) is 3.72. The summed E-state index contributed by atoms with van der Waals surface area (Å²) in [5.41, 5.74) is 0. The minimum Gasteiger partial charge on any atom is -0.262 e. The van der Waals surface area contributed by atoms with Gasteiger partial charge in [-0.1, -0.05) is 0 Å². The van der Waals surface area contributed by atoms with Gasteiger partial charge in [0.2, 0.25) is 0 Å². The van der Waals surface area contributed by atoms with Crippen molar-refractivity contribution in [2.24, 2.45) is 0 Å². The SMILES string of the molecule is Fc1c(S)cncc1I. The van der Waals surface area contributed by atoms with Crippen molar-refractivity contribution in [3.05, 3.63) is 21.8 Å². The van der Waals surface area contributed by atoms with Gasteiger partial charge in [-0.15, -0.1) is 12.6 Å². The minimum absolute atomic E-state index is 0.293. The van der Waals surface area contributed by atoms with E-state index in [2.05, 4.69) is 17.6 Å². The third kappa shape index (κ3) is 1.54. The first-order valence-electron chi connectivity index (χ1n) is 2.20. The maximum atomic E-state index is 12.6. The molecule has 0 amide bonds. The van der Waals surface area contributed by atoms with Crippen LogP contribution in [0.3, 0.4) is 0 Å². The van der Waals surface area contributed by atoms with Crippen LogP contribution >= 0.6 is 35.2 Å². The number of hydrogen-bond donors (Lipinski definition) is 1. The van der Waals surface area contributed by atoms with Gasteiger partial charge in [-0.25, -0.2) is 4.39 Å². The van der Waals surface area contributed by atoms with Crippen molar-refractivity contribution in [2.75, 3.05) is 0 Å². The molecule has 0 aliphatic carbocycles. The third-order valence-corrected chi connectivity index (χ3v) is 1.88. The number of thiol groups is 1. The number of rotatable bonds is 0.